The second-order valence-corrected chi connectivity index (χ2v) is 4.14. The Labute approximate surface area is 90.7 Å². The second-order valence-electron chi connectivity index (χ2n) is 4.14. The zero-order chi connectivity index (χ0) is 10.7. The molecule has 1 unspecified atom stereocenters. The summed E-state index contributed by atoms with van der Waals surface area (Å²) in [6.07, 6.45) is 6.04. The lowest BCUT2D eigenvalue weighted by atomic mass is 10.2. The zero-order valence-electron chi connectivity index (χ0n) is 9.40. The van der Waals surface area contributed by atoms with Crippen molar-refractivity contribution in [3.63, 3.8) is 0 Å². The highest BCUT2D eigenvalue weighted by molar-refractivity contribution is 5.41. The fourth-order valence-electron chi connectivity index (χ4n) is 2.10. The van der Waals surface area contributed by atoms with E-state index in [1.165, 1.54) is 12.8 Å². The second kappa shape index (κ2) is 4.57. The van der Waals surface area contributed by atoms with Crippen LogP contribution in [0.2, 0.25) is 0 Å². The first-order chi connectivity index (χ1) is 7.27. The van der Waals surface area contributed by atoms with Crippen molar-refractivity contribution in [3.8, 4) is 0 Å². The molecule has 1 atom stereocenters. The first kappa shape index (κ1) is 10.4. The molecule has 4 nitrogen and oxygen atoms in total. The molecule has 82 valence electrons. The van der Waals surface area contributed by atoms with Gasteiger partial charge in [-0.1, -0.05) is 0 Å². The van der Waals surface area contributed by atoms with Crippen molar-refractivity contribution < 1.29 is 0 Å². The number of likely N-dealkylation sites (N-methyl/N-ethyl adjacent to an activating group) is 1. The van der Waals surface area contributed by atoms with Crippen molar-refractivity contribution in [1.29, 1.82) is 0 Å². The SMILES string of the molecule is Cc1nccnc1N(C)CC1CCCN1. The van der Waals surface area contributed by atoms with Gasteiger partial charge < -0.3 is 10.2 Å². The molecule has 1 aliphatic heterocycles. The Bertz CT molecular complexity index is 320. The van der Waals surface area contributed by atoms with Gasteiger partial charge in [0.05, 0.1) is 5.69 Å². The van der Waals surface area contributed by atoms with Gasteiger partial charge in [0.25, 0.3) is 0 Å². The van der Waals surface area contributed by atoms with E-state index in [0.717, 1.165) is 24.6 Å². The van der Waals surface area contributed by atoms with E-state index in [9.17, 15) is 0 Å². The molecule has 0 spiro atoms. The number of nitrogens with zero attached hydrogens (tertiary/aromatic N) is 3. The van der Waals surface area contributed by atoms with Gasteiger partial charge in [0.2, 0.25) is 0 Å². The summed E-state index contributed by atoms with van der Waals surface area (Å²) in [5.41, 5.74) is 0.998. The molecule has 2 rings (SSSR count). The van der Waals surface area contributed by atoms with Crippen LogP contribution < -0.4 is 10.2 Å². The van der Waals surface area contributed by atoms with Crippen molar-refractivity contribution in [2.24, 2.45) is 0 Å². The number of aryl methyl sites for hydroxylation is 1. The Morgan fingerprint density at radius 1 is 1.47 bits per heavy atom. The Kier molecular flexibility index (Phi) is 3.16. The lowest BCUT2D eigenvalue weighted by molar-refractivity contribution is 0.596. The number of nitrogens with one attached hydrogen (secondary N) is 1. The predicted octanol–water partition coefficient (Wildman–Crippen LogP) is 0.973. The highest BCUT2D eigenvalue weighted by Gasteiger charge is 2.17. The van der Waals surface area contributed by atoms with Gasteiger partial charge in [-0.15, -0.1) is 0 Å². The number of aromatic nitrogens is 2. The van der Waals surface area contributed by atoms with Crippen LogP contribution in [0.1, 0.15) is 18.5 Å². The summed E-state index contributed by atoms with van der Waals surface area (Å²) in [4.78, 5) is 10.8. The average molecular weight is 206 g/mol. The normalized spacial score (nSPS) is 20.5. The fraction of sp³-hybridized carbons (Fsp3) is 0.636. The molecule has 0 aliphatic carbocycles. The summed E-state index contributed by atoms with van der Waals surface area (Å²) in [6, 6.07) is 0.608. The summed E-state index contributed by atoms with van der Waals surface area (Å²) < 4.78 is 0. The molecule has 4 heteroatoms. The van der Waals surface area contributed by atoms with E-state index >= 15 is 0 Å². The summed E-state index contributed by atoms with van der Waals surface area (Å²) in [5.74, 6) is 0.992. The van der Waals surface area contributed by atoms with Gasteiger partial charge in [0, 0.05) is 32.0 Å². The smallest absolute Gasteiger partial charge is 0.149 e. The molecular formula is C11H18N4. The summed E-state index contributed by atoms with van der Waals surface area (Å²) >= 11 is 0. The molecule has 0 saturated carbocycles. The molecule has 15 heavy (non-hydrogen) atoms. The average Bonchev–Trinajstić information content (AvgIpc) is 2.71. The lowest BCUT2D eigenvalue weighted by Crippen LogP contribution is -2.36. The number of hydrogen-bond acceptors (Lipinski definition) is 4. The van der Waals surface area contributed by atoms with Gasteiger partial charge in [-0.05, 0) is 26.3 Å². The molecule has 0 radical (unpaired) electrons. The first-order valence-corrected chi connectivity index (χ1v) is 5.49. The molecular weight excluding hydrogens is 188 g/mol. The Morgan fingerprint density at radius 2 is 2.27 bits per heavy atom. The van der Waals surface area contributed by atoms with Crippen molar-refractivity contribution >= 4 is 5.82 Å². The van der Waals surface area contributed by atoms with Gasteiger partial charge in [-0.25, -0.2) is 4.98 Å². The number of hydrogen-bond donors (Lipinski definition) is 1. The molecule has 0 aromatic carbocycles. The minimum absolute atomic E-state index is 0.608. The van der Waals surface area contributed by atoms with E-state index in [1.54, 1.807) is 12.4 Å². The van der Waals surface area contributed by atoms with E-state index in [2.05, 4.69) is 27.2 Å². The van der Waals surface area contributed by atoms with Crippen LogP contribution in [0.4, 0.5) is 5.82 Å². The van der Waals surface area contributed by atoms with Gasteiger partial charge in [-0.3, -0.25) is 4.98 Å². The van der Waals surface area contributed by atoms with Crippen LogP contribution in [0.15, 0.2) is 12.4 Å². The van der Waals surface area contributed by atoms with E-state index in [0.29, 0.717) is 6.04 Å². The summed E-state index contributed by atoms with van der Waals surface area (Å²) in [6.45, 7) is 4.17. The number of anilines is 1. The summed E-state index contributed by atoms with van der Waals surface area (Å²) in [5, 5.41) is 3.49. The molecule has 1 saturated heterocycles. The van der Waals surface area contributed by atoms with Gasteiger partial charge in [0.1, 0.15) is 5.82 Å². The van der Waals surface area contributed by atoms with Gasteiger partial charge >= 0.3 is 0 Å². The number of rotatable bonds is 3. The third kappa shape index (κ3) is 2.45. The van der Waals surface area contributed by atoms with Gasteiger partial charge in [-0.2, -0.15) is 0 Å². The molecule has 2 heterocycles. The molecule has 0 amide bonds. The maximum absolute atomic E-state index is 4.36. The molecule has 1 fully saturated rings. The standard InChI is InChI=1S/C11H18N4/c1-9-11(14-7-6-12-9)15(2)8-10-4-3-5-13-10/h6-7,10,13H,3-5,8H2,1-2H3. The fourth-order valence-corrected chi connectivity index (χ4v) is 2.10. The monoisotopic (exact) mass is 206 g/mol. The summed E-state index contributed by atoms with van der Waals surface area (Å²) in [7, 11) is 2.08. The van der Waals surface area contributed by atoms with Crippen LogP contribution in [0.5, 0.6) is 0 Å². The Hall–Kier alpha value is -1.16. The van der Waals surface area contributed by atoms with E-state index in [4.69, 9.17) is 0 Å². The van der Waals surface area contributed by atoms with Crippen LogP contribution in [0.25, 0.3) is 0 Å². The Balaban J connectivity index is 2.00. The van der Waals surface area contributed by atoms with Gasteiger partial charge in [0.15, 0.2) is 0 Å². The maximum atomic E-state index is 4.36. The van der Waals surface area contributed by atoms with E-state index in [1.807, 2.05) is 6.92 Å². The highest BCUT2D eigenvalue weighted by atomic mass is 15.2. The topological polar surface area (TPSA) is 41.1 Å². The van der Waals surface area contributed by atoms with Crippen molar-refractivity contribution in [3.05, 3.63) is 18.1 Å². The molecule has 1 N–H and O–H groups in total. The zero-order valence-corrected chi connectivity index (χ0v) is 9.40. The lowest BCUT2D eigenvalue weighted by Gasteiger charge is -2.23. The minimum atomic E-state index is 0.608. The molecule has 1 aromatic rings. The molecule has 1 aromatic heterocycles. The highest BCUT2D eigenvalue weighted by Crippen LogP contribution is 2.14. The van der Waals surface area contributed by atoms with Crippen LogP contribution in [-0.4, -0.2) is 36.1 Å². The van der Waals surface area contributed by atoms with E-state index < -0.39 is 0 Å². The van der Waals surface area contributed by atoms with Crippen LogP contribution in [-0.2, 0) is 0 Å². The molecule has 0 bridgehead atoms. The van der Waals surface area contributed by atoms with Crippen LogP contribution in [0, 0.1) is 6.92 Å². The third-order valence-corrected chi connectivity index (χ3v) is 2.87. The Morgan fingerprint density at radius 3 is 2.93 bits per heavy atom. The van der Waals surface area contributed by atoms with Crippen molar-refractivity contribution in [1.82, 2.24) is 15.3 Å². The quantitative estimate of drug-likeness (QED) is 0.800. The first-order valence-electron chi connectivity index (χ1n) is 5.49. The molecule has 1 aliphatic rings. The maximum Gasteiger partial charge on any atom is 0.149 e. The van der Waals surface area contributed by atoms with E-state index in [-0.39, 0.29) is 0 Å². The minimum Gasteiger partial charge on any atom is -0.357 e. The van der Waals surface area contributed by atoms with Crippen molar-refractivity contribution in [2.75, 3.05) is 25.0 Å². The largest absolute Gasteiger partial charge is 0.357 e. The third-order valence-electron chi connectivity index (χ3n) is 2.87. The van der Waals surface area contributed by atoms with Crippen molar-refractivity contribution in [2.45, 2.75) is 25.8 Å². The van der Waals surface area contributed by atoms with Crippen LogP contribution >= 0.6 is 0 Å². The predicted molar refractivity (Wildman–Crippen MR) is 61.1 cm³/mol. The van der Waals surface area contributed by atoms with Crippen LogP contribution in [0.3, 0.4) is 0 Å².